The van der Waals surface area contributed by atoms with Crippen molar-refractivity contribution >= 4 is 28.1 Å². The van der Waals surface area contributed by atoms with Gasteiger partial charge in [-0.05, 0) is 42.9 Å². The van der Waals surface area contributed by atoms with Crippen LogP contribution in [0, 0.1) is 17.2 Å². The molecule has 0 unspecified atom stereocenters. The van der Waals surface area contributed by atoms with Crippen molar-refractivity contribution in [2.24, 2.45) is 5.92 Å². The number of para-hydroxylation sites is 1. The summed E-state index contributed by atoms with van der Waals surface area (Å²) in [5, 5.41) is 15.7. The first-order valence-corrected chi connectivity index (χ1v) is 8.16. The van der Waals surface area contributed by atoms with E-state index in [-0.39, 0.29) is 6.03 Å². The summed E-state index contributed by atoms with van der Waals surface area (Å²) in [6.07, 6.45) is 3.03. The van der Waals surface area contributed by atoms with E-state index in [1.54, 1.807) is 0 Å². The predicted octanol–water partition coefficient (Wildman–Crippen LogP) is 4.39. The molecule has 0 spiro atoms. The summed E-state index contributed by atoms with van der Waals surface area (Å²) >= 11 is 1.53. The van der Waals surface area contributed by atoms with Crippen LogP contribution in [0.25, 0.3) is 0 Å². The molecular formula is C17H17N3OS. The minimum atomic E-state index is -0.311. The van der Waals surface area contributed by atoms with E-state index in [1.165, 1.54) is 16.2 Å². The molecule has 0 saturated heterocycles. The van der Waals surface area contributed by atoms with Crippen molar-refractivity contribution in [3.63, 3.8) is 0 Å². The molecular weight excluding hydrogens is 294 g/mol. The van der Waals surface area contributed by atoms with Crippen molar-refractivity contribution in [1.29, 1.82) is 5.26 Å². The highest BCUT2D eigenvalue weighted by molar-refractivity contribution is 7.16. The summed E-state index contributed by atoms with van der Waals surface area (Å²) in [6.45, 7) is 2.23. The number of anilines is 2. The highest BCUT2D eigenvalue weighted by Gasteiger charge is 2.24. The monoisotopic (exact) mass is 311 g/mol. The third kappa shape index (κ3) is 2.97. The standard InChI is InChI=1S/C17H17N3OS/c1-11-7-8-13-14(10-18)16(22-15(13)9-11)20-17(21)19-12-5-3-2-4-6-12/h2-6,11H,7-9H2,1H3,(H2,19,20,21)/t11-/m0/s1. The number of hydrogen-bond donors (Lipinski definition) is 2. The lowest BCUT2D eigenvalue weighted by molar-refractivity contribution is 0.262. The van der Waals surface area contributed by atoms with Crippen LogP contribution in [0.1, 0.15) is 29.3 Å². The Bertz CT molecular complexity index is 730. The van der Waals surface area contributed by atoms with E-state index >= 15 is 0 Å². The minimum Gasteiger partial charge on any atom is -0.308 e. The number of benzene rings is 1. The Morgan fingerprint density at radius 3 is 2.82 bits per heavy atom. The van der Waals surface area contributed by atoms with Crippen molar-refractivity contribution in [3.8, 4) is 6.07 Å². The molecule has 5 heteroatoms. The van der Waals surface area contributed by atoms with Gasteiger partial charge in [0.15, 0.2) is 0 Å². The number of thiophene rings is 1. The molecule has 1 aliphatic carbocycles. The lowest BCUT2D eigenvalue weighted by Gasteiger charge is -2.17. The van der Waals surface area contributed by atoms with Crippen LogP contribution >= 0.6 is 11.3 Å². The lowest BCUT2D eigenvalue weighted by Crippen LogP contribution is -2.19. The number of nitrogens with one attached hydrogen (secondary N) is 2. The maximum absolute atomic E-state index is 12.1. The molecule has 0 bridgehead atoms. The van der Waals surface area contributed by atoms with Crippen molar-refractivity contribution in [2.45, 2.75) is 26.2 Å². The highest BCUT2D eigenvalue weighted by atomic mass is 32.1. The van der Waals surface area contributed by atoms with E-state index in [0.29, 0.717) is 16.5 Å². The zero-order valence-corrected chi connectivity index (χ0v) is 13.2. The molecule has 0 aliphatic heterocycles. The third-order valence-electron chi connectivity index (χ3n) is 3.88. The fourth-order valence-corrected chi connectivity index (χ4v) is 4.10. The summed E-state index contributed by atoms with van der Waals surface area (Å²) < 4.78 is 0. The van der Waals surface area contributed by atoms with E-state index in [2.05, 4.69) is 23.6 Å². The quantitative estimate of drug-likeness (QED) is 0.864. The van der Waals surface area contributed by atoms with Crippen LogP contribution in [0.15, 0.2) is 30.3 Å². The number of hydrogen-bond acceptors (Lipinski definition) is 3. The number of urea groups is 1. The zero-order chi connectivity index (χ0) is 15.5. The van der Waals surface area contributed by atoms with E-state index in [9.17, 15) is 10.1 Å². The van der Waals surface area contributed by atoms with Gasteiger partial charge >= 0.3 is 6.03 Å². The highest BCUT2D eigenvalue weighted by Crippen LogP contribution is 2.39. The second-order valence-corrected chi connectivity index (χ2v) is 6.72. The molecule has 1 atom stereocenters. The zero-order valence-electron chi connectivity index (χ0n) is 12.3. The summed E-state index contributed by atoms with van der Waals surface area (Å²) in [4.78, 5) is 13.3. The van der Waals surface area contributed by atoms with Gasteiger partial charge in [0.05, 0.1) is 5.56 Å². The van der Waals surface area contributed by atoms with Gasteiger partial charge in [0.2, 0.25) is 0 Å². The predicted molar refractivity (Wildman–Crippen MR) is 89.3 cm³/mol. The van der Waals surface area contributed by atoms with Gasteiger partial charge in [-0.2, -0.15) is 5.26 Å². The largest absolute Gasteiger partial charge is 0.324 e. The van der Waals surface area contributed by atoms with E-state index < -0.39 is 0 Å². The fourth-order valence-electron chi connectivity index (χ4n) is 2.74. The first-order valence-electron chi connectivity index (χ1n) is 7.35. The Morgan fingerprint density at radius 1 is 1.32 bits per heavy atom. The van der Waals surface area contributed by atoms with Gasteiger partial charge in [-0.1, -0.05) is 25.1 Å². The molecule has 1 aromatic carbocycles. The molecule has 2 amide bonds. The van der Waals surface area contributed by atoms with Crippen molar-refractivity contribution in [2.75, 3.05) is 10.6 Å². The van der Waals surface area contributed by atoms with Crippen LogP contribution in [-0.2, 0) is 12.8 Å². The smallest absolute Gasteiger partial charge is 0.308 e. The Morgan fingerprint density at radius 2 is 2.09 bits per heavy atom. The number of nitrogens with zero attached hydrogens (tertiary/aromatic N) is 1. The first-order chi connectivity index (χ1) is 10.7. The topological polar surface area (TPSA) is 64.9 Å². The molecule has 1 aromatic heterocycles. The van der Waals surface area contributed by atoms with Crippen LogP contribution < -0.4 is 10.6 Å². The molecule has 3 rings (SSSR count). The maximum Gasteiger partial charge on any atom is 0.324 e. The summed E-state index contributed by atoms with van der Waals surface area (Å²) in [7, 11) is 0. The second-order valence-electron chi connectivity index (χ2n) is 5.61. The Kier molecular flexibility index (Phi) is 4.12. The maximum atomic E-state index is 12.1. The van der Waals surface area contributed by atoms with Crippen molar-refractivity contribution in [3.05, 3.63) is 46.3 Å². The molecule has 1 aliphatic rings. The van der Waals surface area contributed by atoms with Gasteiger partial charge < -0.3 is 5.32 Å². The second kappa shape index (κ2) is 6.20. The summed E-state index contributed by atoms with van der Waals surface area (Å²) in [5.74, 6) is 0.642. The molecule has 112 valence electrons. The molecule has 4 nitrogen and oxygen atoms in total. The van der Waals surface area contributed by atoms with E-state index in [0.717, 1.165) is 30.5 Å². The van der Waals surface area contributed by atoms with Crippen molar-refractivity contribution in [1.82, 2.24) is 0 Å². The molecule has 0 fully saturated rings. The molecule has 2 N–H and O–H groups in total. The molecule has 1 heterocycles. The number of carbonyl (C=O) groups excluding carboxylic acids is 1. The first kappa shape index (κ1) is 14.6. The summed E-state index contributed by atoms with van der Waals surface area (Å²) in [6, 6.07) is 11.2. The normalized spacial score (nSPS) is 16.5. The number of nitriles is 1. The third-order valence-corrected chi connectivity index (χ3v) is 5.05. The average Bonchev–Trinajstić information content (AvgIpc) is 2.84. The summed E-state index contributed by atoms with van der Waals surface area (Å²) in [5.41, 5.74) is 2.49. The van der Waals surface area contributed by atoms with Gasteiger partial charge in [0.25, 0.3) is 0 Å². The van der Waals surface area contributed by atoms with Gasteiger partial charge in [-0.3, -0.25) is 5.32 Å². The van der Waals surface area contributed by atoms with Crippen LogP contribution in [0.4, 0.5) is 15.5 Å². The molecule has 0 saturated carbocycles. The number of carbonyl (C=O) groups is 1. The van der Waals surface area contributed by atoms with Crippen LogP contribution in [-0.4, -0.2) is 6.03 Å². The Hall–Kier alpha value is -2.32. The lowest BCUT2D eigenvalue weighted by atomic mass is 9.89. The molecule has 2 aromatic rings. The number of rotatable bonds is 2. The number of amides is 2. The fraction of sp³-hybridized carbons (Fsp3) is 0.294. The van der Waals surface area contributed by atoms with Crippen LogP contribution in [0.3, 0.4) is 0 Å². The number of fused-ring (bicyclic) bond motifs is 1. The Balaban J connectivity index is 1.78. The van der Waals surface area contributed by atoms with E-state index in [1.807, 2.05) is 30.3 Å². The van der Waals surface area contributed by atoms with Gasteiger partial charge in [-0.15, -0.1) is 11.3 Å². The van der Waals surface area contributed by atoms with Gasteiger partial charge in [-0.25, -0.2) is 4.79 Å². The van der Waals surface area contributed by atoms with E-state index in [4.69, 9.17) is 0 Å². The average molecular weight is 311 g/mol. The Labute approximate surface area is 133 Å². The van der Waals surface area contributed by atoms with Crippen molar-refractivity contribution < 1.29 is 4.79 Å². The SMILES string of the molecule is C[C@H]1CCc2c(sc(NC(=O)Nc3ccccc3)c2C#N)C1. The molecule has 0 radical (unpaired) electrons. The van der Waals surface area contributed by atoms with Crippen LogP contribution in [0.2, 0.25) is 0 Å². The van der Waals surface area contributed by atoms with Crippen LogP contribution in [0.5, 0.6) is 0 Å². The van der Waals surface area contributed by atoms with Gasteiger partial charge in [0, 0.05) is 10.6 Å². The van der Waals surface area contributed by atoms with Gasteiger partial charge in [0.1, 0.15) is 11.1 Å². The minimum absolute atomic E-state index is 0.311. The molecule has 22 heavy (non-hydrogen) atoms.